The normalized spacial score (nSPS) is 18.1. The lowest BCUT2D eigenvalue weighted by molar-refractivity contribution is 0.990. The molecule has 0 heteroatoms. The van der Waals surface area contributed by atoms with E-state index < -0.39 is 0 Å². The molecule has 1 aliphatic rings. The first-order chi connectivity index (χ1) is 7.86. The highest BCUT2D eigenvalue weighted by atomic mass is 14.2. The number of benzene rings is 2. The Labute approximate surface area is 96.3 Å². The fraction of sp³-hybridized carbons (Fsp3) is 0.125. The molecule has 0 nitrogen and oxygen atoms in total. The van der Waals surface area contributed by atoms with Crippen molar-refractivity contribution in [3.8, 4) is 0 Å². The summed E-state index contributed by atoms with van der Waals surface area (Å²) >= 11 is 0. The van der Waals surface area contributed by atoms with Crippen LogP contribution in [0.5, 0.6) is 0 Å². The second-order valence-corrected chi connectivity index (χ2v) is 4.32. The lowest BCUT2D eigenvalue weighted by Crippen LogP contribution is -1.87. The third-order valence-electron chi connectivity index (χ3n) is 3.24. The van der Waals surface area contributed by atoms with E-state index in [1.165, 1.54) is 22.3 Å². The maximum atomic E-state index is 2.36. The Bertz CT molecular complexity index is 535. The molecule has 16 heavy (non-hydrogen) atoms. The lowest BCUT2D eigenvalue weighted by Gasteiger charge is -2.06. The van der Waals surface area contributed by atoms with Gasteiger partial charge in [0.2, 0.25) is 0 Å². The molecule has 0 aliphatic heterocycles. The minimum Gasteiger partial charge on any atom is -0.0688 e. The molecule has 1 unspecified atom stereocenters. The first-order valence-corrected chi connectivity index (χ1v) is 5.73. The molecular formula is C16H14. The summed E-state index contributed by atoms with van der Waals surface area (Å²) in [5.74, 6) is 0.534. The number of rotatable bonds is 1. The van der Waals surface area contributed by atoms with Crippen LogP contribution in [0.2, 0.25) is 0 Å². The van der Waals surface area contributed by atoms with E-state index in [1.54, 1.807) is 0 Å². The van der Waals surface area contributed by atoms with Crippen LogP contribution in [-0.4, -0.2) is 0 Å². The molecule has 0 N–H and O–H groups in total. The van der Waals surface area contributed by atoms with Gasteiger partial charge < -0.3 is 0 Å². The molecule has 2 aromatic rings. The topological polar surface area (TPSA) is 0 Å². The average Bonchev–Trinajstić information content (AvgIpc) is 2.69. The number of fused-ring (bicyclic) bond motifs is 1. The van der Waals surface area contributed by atoms with Crippen LogP contribution >= 0.6 is 0 Å². The van der Waals surface area contributed by atoms with E-state index in [-0.39, 0.29) is 0 Å². The molecule has 0 bridgehead atoms. The van der Waals surface area contributed by atoms with Gasteiger partial charge in [-0.25, -0.2) is 0 Å². The SMILES string of the molecule is CC1C=C(c2ccccc2)c2ccccc21. The molecule has 78 valence electrons. The summed E-state index contributed by atoms with van der Waals surface area (Å²) in [4.78, 5) is 0. The van der Waals surface area contributed by atoms with E-state index in [0.717, 1.165) is 0 Å². The van der Waals surface area contributed by atoms with Gasteiger partial charge in [-0.1, -0.05) is 67.6 Å². The van der Waals surface area contributed by atoms with E-state index in [0.29, 0.717) is 5.92 Å². The van der Waals surface area contributed by atoms with Gasteiger partial charge >= 0.3 is 0 Å². The van der Waals surface area contributed by atoms with Crippen LogP contribution < -0.4 is 0 Å². The van der Waals surface area contributed by atoms with Crippen LogP contribution in [0.3, 0.4) is 0 Å². The van der Waals surface area contributed by atoms with Crippen LogP contribution in [0.1, 0.15) is 29.5 Å². The summed E-state index contributed by atoms with van der Waals surface area (Å²) in [6.45, 7) is 2.26. The van der Waals surface area contributed by atoms with Gasteiger partial charge in [0.15, 0.2) is 0 Å². The van der Waals surface area contributed by atoms with Gasteiger partial charge in [0, 0.05) is 5.92 Å². The number of allylic oxidation sites excluding steroid dienone is 1. The molecule has 0 heterocycles. The van der Waals surface area contributed by atoms with Gasteiger partial charge in [-0.15, -0.1) is 0 Å². The highest BCUT2D eigenvalue weighted by Gasteiger charge is 2.19. The average molecular weight is 206 g/mol. The quantitative estimate of drug-likeness (QED) is 0.654. The first-order valence-electron chi connectivity index (χ1n) is 5.73. The van der Waals surface area contributed by atoms with Crippen molar-refractivity contribution in [3.63, 3.8) is 0 Å². The molecule has 3 rings (SSSR count). The molecule has 0 amide bonds. The van der Waals surface area contributed by atoms with Crippen LogP contribution in [0, 0.1) is 0 Å². The van der Waals surface area contributed by atoms with Crippen LogP contribution in [0.25, 0.3) is 5.57 Å². The van der Waals surface area contributed by atoms with E-state index in [1.807, 2.05) is 0 Å². The Kier molecular flexibility index (Phi) is 2.14. The minimum absolute atomic E-state index is 0.534. The van der Waals surface area contributed by atoms with Gasteiger partial charge in [0.05, 0.1) is 0 Å². The van der Waals surface area contributed by atoms with Crippen molar-refractivity contribution in [1.82, 2.24) is 0 Å². The first kappa shape index (κ1) is 9.41. The minimum atomic E-state index is 0.534. The van der Waals surface area contributed by atoms with Gasteiger partial charge in [-0.05, 0) is 22.3 Å². The number of hydrogen-bond acceptors (Lipinski definition) is 0. The Balaban J connectivity index is 2.15. The smallest absolute Gasteiger partial charge is 0.000514 e. The molecule has 1 aliphatic carbocycles. The molecule has 1 atom stereocenters. The second kappa shape index (κ2) is 3.64. The van der Waals surface area contributed by atoms with E-state index in [2.05, 4.69) is 67.6 Å². The predicted molar refractivity (Wildman–Crippen MR) is 68.4 cm³/mol. The maximum Gasteiger partial charge on any atom is 0.000514 e. The summed E-state index contributed by atoms with van der Waals surface area (Å²) in [5.41, 5.74) is 5.53. The third-order valence-corrected chi connectivity index (χ3v) is 3.24. The fourth-order valence-electron chi connectivity index (χ4n) is 2.44. The van der Waals surface area contributed by atoms with Crippen LogP contribution in [-0.2, 0) is 0 Å². The highest BCUT2D eigenvalue weighted by molar-refractivity contribution is 5.85. The predicted octanol–water partition coefficient (Wildman–Crippen LogP) is 4.24. The monoisotopic (exact) mass is 206 g/mol. The van der Waals surface area contributed by atoms with E-state index >= 15 is 0 Å². The van der Waals surface area contributed by atoms with Gasteiger partial charge in [-0.2, -0.15) is 0 Å². The van der Waals surface area contributed by atoms with Gasteiger partial charge in [0.25, 0.3) is 0 Å². The zero-order chi connectivity index (χ0) is 11.0. The van der Waals surface area contributed by atoms with E-state index in [4.69, 9.17) is 0 Å². The second-order valence-electron chi connectivity index (χ2n) is 4.32. The Morgan fingerprint density at radius 3 is 2.31 bits per heavy atom. The van der Waals surface area contributed by atoms with Gasteiger partial charge in [-0.3, -0.25) is 0 Å². The summed E-state index contributed by atoms with van der Waals surface area (Å²) in [6.07, 6.45) is 2.36. The molecule has 0 saturated carbocycles. The maximum absolute atomic E-state index is 2.36. The van der Waals surface area contributed by atoms with Crippen molar-refractivity contribution >= 4 is 5.57 Å². The van der Waals surface area contributed by atoms with E-state index in [9.17, 15) is 0 Å². The van der Waals surface area contributed by atoms with Gasteiger partial charge in [0.1, 0.15) is 0 Å². The molecule has 0 spiro atoms. The van der Waals surface area contributed by atoms with Crippen molar-refractivity contribution in [3.05, 3.63) is 77.4 Å². The van der Waals surface area contributed by atoms with Crippen LogP contribution in [0.4, 0.5) is 0 Å². The standard InChI is InChI=1S/C16H14/c1-12-11-16(13-7-3-2-4-8-13)15-10-6-5-9-14(12)15/h2-12H,1H3. The molecule has 0 aromatic heterocycles. The fourth-order valence-corrected chi connectivity index (χ4v) is 2.44. The summed E-state index contributed by atoms with van der Waals surface area (Å²) in [5, 5.41) is 0. The molecule has 0 saturated heterocycles. The van der Waals surface area contributed by atoms with Crippen molar-refractivity contribution in [2.45, 2.75) is 12.8 Å². The molecule has 2 aromatic carbocycles. The van der Waals surface area contributed by atoms with Crippen molar-refractivity contribution in [1.29, 1.82) is 0 Å². The van der Waals surface area contributed by atoms with Crippen molar-refractivity contribution < 1.29 is 0 Å². The van der Waals surface area contributed by atoms with Crippen LogP contribution in [0.15, 0.2) is 60.7 Å². The zero-order valence-electron chi connectivity index (χ0n) is 9.35. The summed E-state index contributed by atoms with van der Waals surface area (Å²) < 4.78 is 0. The molecule has 0 radical (unpaired) electrons. The number of hydrogen-bond donors (Lipinski definition) is 0. The largest absolute Gasteiger partial charge is 0.0688 e. The summed E-state index contributed by atoms with van der Waals surface area (Å²) in [6, 6.07) is 19.3. The molecular weight excluding hydrogens is 192 g/mol. The van der Waals surface area contributed by atoms with Crippen molar-refractivity contribution in [2.24, 2.45) is 0 Å². The lowest BCUT2D eigenvalue weighted by atomic mass is 9.98. The zero-order valence-corrected chi connectivity index (χ0v) is 9.35. The third kappa shape index (κ3) is 1.38. The van der Waals surface area contributed by atoms with Crippen molar-refractivity contribution in [2.75, 3.05) is 0 Å². The molecule has 0 fully saturated rings. The Morgan fingerprint density at radius 1 is 0.812 bits per heavy atom. The Morgan fingerprint density at radius 2 is 1.50 bits per heavy atom. The summed E-state index contributed by atoms with van der Waals surface area (Å²) in [7, 11) is 0. The highest BCUT2D eigenvalue weighted by Crippen LogP contribution is 2.38. The Hall–Kier alpha value is -1.82.